The summed E-state index contributed by atoms with van der Waals surface area (Å²) in [6, 6.07) is 0. The Kier molecular flexibility index (Phi) is 5.20. The van der Waals surface area contributed by atoms with Crippen LogP contribution in [0.5, 0.6) is 0 Å². The van der Waals surface area contributed by atoms with Gasteiger partial charge in [-0.15, -0.1) is 0 Å². The van der Waals surface area contributed by atoms with E-state index in [1.54, 1.807) is 0 Å². The van der Waals surface area contributed by atoms with Gasteiger partial charge in [-0.3, -0.25) is 9.68 Å². The average molecular weight is 192 g/mol. The Hall–Kier alpha value is -1.63. The van der Waals surface area contributed by atoms with Crippen LogP contribution < -0.4 is 0 Å². The first kappa shape index (κ1) is 11.4. The summed E-state index contributed by atoms with van der Waals surface area (Å²) in [5, 5.41) is 7.97. The number of carbonyl (C=O) groups is 3. The molecule has 0 unspecified atom stereocenters. The quantitative estimate of drug-likeness (QED) is 0.291. The third-order valence-electron chi connectivity index (χ3n) is 0.911. The predicted octanol–water partition coefficient (Wildman–Crippen LogP) is 0.0924. The van der Waals surface area contributed by atoms with Gasteiger partial charge in [-0.05, 0) is 0 Å². The lowest BCUT2D eigenvalue weighted by Gasteiger charge is -1.98. The van der Waals surface area contributed by atoms with Gasteiger partial charge in [0.15, 0.2) is 0 Å². The van der Waals surface area contributed by atoms with Gasteiger partial charge in [0.05, 0.1) is 20.0 Å². The number of esters is 1. The Morgan fingerprint density at radius 3 is 2.15 bits per heavy atom. The van der Waals surface area contributed by atoms with E-state index >= 15 is 0 Å². The monoisotopic (exact) mass is 192 g/mol. The average Bonchev–Trinajstić information content (AvgIpc) is 2.00. The standard InChI is InChI=1S/C6H8O7/c1-11-13-5(8)3-2-4(7)12-6(9)10/h2-3H2,1H3,(H,9,10). The summed E-state index contributed by atoms with van der Waals surface area (Å²) >= 11 is 0. The Morgan fingerprint density at radius 1 is 1.15 bits per heavy atom. The molecule has 13 heavy (non-hydrogen) atoms. The Labute approximate surface area is 73.1 Å². The fourth-order valence-corrected chi connectivity index (χ4v) is 0.487. The minimum Gasteiger partial charge on any atom is -0.449 e. The van der Waals surface area contributed by atoms with Crippen LogP contribution in [-0.2, 0) is 24.1 Å². The molecule has 0 heterocycles. The highest BCUT2D eigenvalue weighted by Crippen LogP contribution is 1.95. The van der Waals surface area contributed by atoms with Crippen LogP contribution in [-0.4, -0.2) is 30.3 Å². The first-order valence-corrected chi connectivity index (χ1v) is 3.23. The third-order valence-corrected chi connectivity index (χ3v) is 0.911. The van der Waals surface area contributed by atoms with Crippen LogP contribution in [0.15, 0.2) is 0 Å². The molecule has 0 saturated carbocycles. The smallest absolute Gasteiger partial charge is 0.449 e. The van der Waals surface area contributed by atoms with Gasteiger partial charge in [0.25, 0.3) is 0 Å². The van der Waals surface area contributed by atoms with Crippen molar-refractivity contribution >= 4 is 18.1 Å². The molecule has 0 saturated heterocycles. The molecule has 74 valence electrons. The molecule has 0 aliphatic heterocycles. The highest BCUT2D eigenvalue weighted by Gasteiger charge is 2.12. The van der Waals surface area contributed by atoms with E-state index in [0.29, 0.717) is 0 Å². The number of carboxylic acid groups (broad SMARTS) is 1. The summed E-state index contributed by atoms with van der Waals surface area (Å²) in [5.74, 6) is -1.79. The Bertz CT molecular complexity index is 209. The van der Waals surface area contributed by atoms with E-state index < -0.39 is 18.1 Å². The molecule has 0 aromatic carbocycles. The number of carbonyl (C=O) groups excluding carboxylic acids is 2. The number of hydrogen-bond acceptors (Lipinski definition) is 6. The van der Waals surface area contributed by atoms with Gasteiger partial charge in [0, 0.05) is 0 Å². The van der Waals surface area contributed by atoms with Gasteiger partial charge in [0.1, 0.15) is 0 Å². The normalized spacial score (nSPS) is 9.00. The summed E-state index contributed by atoms with van der Waals surface area (Å²) < 4.78 is 3.71. The molecule has 0 aliphatic rings. The van der Waals surface area contributed by atoms with Gasteiger partial charge < -0.3 is 9.84 Å². The van der Waals surface area contributed by atoms with Crippen LogP contribution >= 0.6 is 0 Å². The molecular weight excluding hydrogens is 184 g/mol. The molecule has 0 amide bonds. The maximum atomic E-state index is 10.5. The SMILES string of the molecule is COOC(=O)CCC(=O)OC(=O)O. The molecule has 1 N–H and O–H groups in total. The molecular formula is C6H8O7. The van der Waals surface area contributed by atoms with E-state index in [0.717, 1.165) is 7.11 Å². The minimum absolute atomic E-state index is 0.292. The van der Waals surface area contributed by atoms with Crippen LogP contribution in [0.2, 0.25) is 0 Å². The van der Waals surface area contributed by atoms with Crippen molar-refractivity contribution in [1.82, 2.24) is 0 Å². The maximum absolute atomic E-state index is 10.5. The van der Waals surface area contributed by atoms with Crippen molar-refractivity contribution in [3.05, 3.63) is 0 Å². The zero-order chi connectivity index (χ0) is 10.3. The number of rotatable bonds is 4. The van der Waals surface area contributed by atoms with Crippen LogP contribution in [0.4, 0.5) is 4.79 Å². The lowest BCUT2D eigenvalue weighted by atomic mass is 10.3. The van der Waals surface area contributed by atoms with Crippen LogP contribution in [0.1, 0.15) is 12.8 Å². The van der Waals surface area contributed by atoms with Crippen LogP contribution in [0.3, 0.4) is 0 Å². The fourth-order valence-electron chi connectivity index (χ4n) is 0.487. The van der Waals surface area contributed by atoms with E-state index in [1.165, 1.54) is 0 Å². The molecule has 0 aliphatic carbocycles. The zero-order valence-electron chi connectivity index (χ0n) is 6.81. The van der Waals surface area contributed by atoms with Crippen molar-refractivity contribution in [2.45, 2.75) is 12.8 Å². The molecule has 0 aromatic rings. The largest absolute Gasteiger partial charge is 0.513 e. The zero-order valence-corrected chi connectivity index (χ0v) is 6.81. The van der Waals surface area contributed by atoms with Crippen molar-refractivity contribution < 1.29 is 34.0 Å². The highest BCUT2D eigenvalue weighted by molar-refractivity contribution is 5.83. The minimum atomic E-state index is -1.70. The summed E-state index contributed by atoms with van der Waals surface area (Å²) in [4.78, 5) is 38.8. The highest BCUT2D eigenvalue weighted by atomic mass is 17.2. The topological polar surface area (TPSA) is 99.1 Å². The van der Waals surface area contributed by atoms with E-state index in [2.05, 4.69) is 14.5 Å². The molecule has 0 rings (SSSR count). The van der Waals surface area contributed by atoms with Gasteiger partial charge in [-0.25, -0.2) is 9.59 Å². The second-order valence-electron chi connectivity index (χ2n) is 1.86. The van der Waals surface area contributed by atoms with Crippen LogP contribution in [0.25, 0.3) is 0 Å². The molecule has 0 fully saturated rings. The first-order chi connectivity index (χ1) is 6.06. The third kappa shape index (κ3) is 6.76. The molecule has 7 heteroatoms. The summed E-state index contributed by atoms with van der Waals surface area (Å²) in [6.45, 7) is 0. The molecule has 7 nitrogen and oxygen atoms in total. The summed E-state index contributed by atoms with van der Waals surface area (Å²) in [6.07, 6.45) is -2.36. The number of hydrogen-bond donors (Lipinski definition) is 1. The second kappa shape index (κ2) is 5.95. The van der Waals surface area contributed by atoms with Crippen LogP contribution in [0, 0.1) is 0 Å². The van der Waals surface area contributed by atoms with E-state index in [4.69, 9.17) is 5.11 Å². The second-order valence-corrected chi connectivity index (χ2v) is 1.86. The lowest BCUT2D eigenvalue weighted by molar-refractivity contribution is -0.255. The van der Waals surface area contributed by atoms with Gasteiger partial charge >= 0.3 is 18.1 Å². The van der Waals surface area contributed by atoms with Crippen molar-refractivity contribution in [2.75, 3.05) is 7.11 Å². The first-order valence-electron chi connectivity index (χ1n) is 3.23. The summed E-state index contributed by atoms with van der Waals surface area (Å²) in [7, 11) is 1.13. The predicted molar refractivity (Wildman–Crippen MR) is 36.5 cm³/mol. The van der Waals surface area contributed by atoms with Gasteiger partial charge in [-0.1, -0.05) is 0 Å². The Morgan fingerprint density at radius 2 is 1.69 bits per heavy atom. The van der Waals surface area contributed by atoms with E-state index in [9.17, 15) is 14.4 Å². The van der Waals surface area contributed by atoms with Crippen molar-refractivity contribution in [1.29, 1.82) is 0 Å². The van der Waals surface area contributed by atoms with E-state index in [-0.39, 0.29) is 12.8 Å². The maximum Gasteiger partial charge on any atom is 0.513 e. The van der Waals surface area contributed by atoms with E-state index in [1.807, 2.05) is 0 Å². The van der Waals surface area contributed by atoms with Gasteiger partial charge in [-0.2, -0.15) is 4.89 Å². The summed E-state index contributed by atoms with van der Waals surface area (Å²) in [5.41, 5.74) is 0. The number of ether oxygens (including phenoxy) is 1. The van der Waals surface area contributed by atoms with Crippen molar-refractivity contribution in [2.24, 2.45) is 0 Å². The molecule has 0 radical (unpaired) electrons. The van der Waals surface area contributed by atoms with Crippen molar-refractivity contribution in [3.63, 3.8) is 0 Å². The van der Waals surface area contributed by atoms with Gasteiger partial charge in [0.2, 0.25) is 0 Å². The molecule has 0 aromatic heterocycles. The molecule has 0 bridgehead atoms. The Balaban J connectivity index is 3.58. The molecule has 0 spiro atoms. The molecule has 0 atom stereocenters. The van der Waals surface area contributed by atoms with Crippen molar-refractivity contribution in [3.8, 4) is 0 Å². The fraction of sp³-hybridized carbons (Fsp3) is 0.500. The lowest BCUT2D eigenvalue weighted by Crippen LogP contribution is -2.12.